The van der Waals surface area contributed by atoms with Gasteiger partial charge in [0, 0.05) is 31.1 Å². The Bertz CT molecular complexity index is 697. The minimum Gasteiger partial charge on any atom is -0.369 e. The molecule has 25 heavy (non-hydrogen) atoms. The van der Waals surface area contributed by atoms with Crippen molar-refractivity contribution >= 4 is 11.8 Å². The summed E-state index contributed by atoms with van der Waals surface area (Å²) in [6, 6.07) is 6.29. The monoisotopic (exact) mass is 346 g/mol. The Morgan fingerprint density at radius 3 is 2.88 bits per heavy atom. The van der Waals surface area contributed by atoms with Gasteiger partial charge in [0.15, 0.2) is 0 Å². The molecule has 4 rings (SSSR count). The number of nitrogens with two attached hydrogens (primary N) is 1. The number of amides is 2. The summed E-state index contributed by atoms with van der Waals surface area (Å²) in [5, 5.41) is 2.09. The third-order valence-electron chi connectivity index (χ3n) is 5.80. The van der Waals surface area contributed by atoms with E-state index >= 15 is 0 Å². The van der Waals surface area contributed by atoms with Crippen molar-refractivity contribution in [3.8, 4) is 0 Å². The maximum Gasteiger partial charge on any atom is 0.242 e. The zero-order valence-electron chi connectivity index (χ0n) is 14.0. The second-order valence-electron chi connectivity index (χ2n) is 7.26. The number of nitrogens with one attached hydrogen (secondary N) is 1. The van der Waals surface area contributed by atoms with E-state index in [4.69, 9.17) is 5.73 Å². The van der Waals surface area contributed by atoms with Crippen LogP contribution in [0.15, 0.2) is 24.3 Å². The van der Waals surface area contributed by atoms with E-state index in [0.29, 0.717) is 13.0 Å². The number of piperazine rings is 1. The number of carbonyl (C=O) groups is 2. The Balaban J connectivity index is 1.64. The first-order chi connectivity index (χ1) is 12.0. The van der Waals surface area contributed by atoms with Crippen LogP contribution in [0.25, 0.3) is 0 Å². The first-order valence-corrected chi connectivity index (χ1v) is 8.90. The van der Waals surface area contributed by atoms with Gasteiger partial charge < -0.3 is 10.6 Å². The van der Waals surface area contributed by atoms with Gasteiger partial charge in [0.1, 0.15) is 11.9 Å². The molecule has 4 atom stereocenters. The summed E-state index contributed by atoms with van der Waals surface area (Å²) in [7, 11) is 0. The van der Waals surface area contributed by atoms with E-state index in [1.54, 1.807) is 6.07 Å². The lowest BCUT2D eigenvalue weighted by Crippen LogP contribution is -2.68. The van der Waals surface area contributed by atoms with E-state index in [0.717, 1.165) is 31.4 Å². The van der Waals surface area contributed by atoms with Gasteiger partial charge in [0.2, 0.25) is 11.8 Å². The molecule has 134 valence electrons. The highest BCUT2D eigenvalue weighted by Gasteiger charge is 2.51. The normalized spacial score (nSPS) is 32.4. The van der Waals surface area contributed by atoms with Gasteiger partial charge in [-0.25, -0.2) is 9.40 Å². The van der Waals surface area contributed by atoms with Crippen molar-refractivity contribution in [1.82, 2.24) is 15.3 Å². The fraction of sp³-hybridized carbons (Fsp3) is 0.556. The fourth-order valence-corrected chi connectivity index (χ4v) is 4.60. The summed E-state index contributed by atoms with van der Waals surface area (Å²) in [6.45, 7) is 1.15. The van der Waals surface area contributed by atoms with Crippen molar-refractivity contribution in [1.29, 1.82) is 0 Å². The number of carbonyl (C=O) groups excluding carboxylic acids is 2. The SMILES string of the molecule is NC(=O)C1CCC2C(C1)N(Cc1cccc(F)c1)C(=O)C1CCNN12. The van der Waals surface area contributed by atoms with Gasteiger partial charge in [0.05, 0.1) is 0 Å². The molecule has 2 aliphatic heterocycles. The molecule has 7 heteroatoms. The Morgan fingerprint density at radius 1 is 1.28 bits per heavy atom. The zero-order valence-corrected chi connectivity index (χ0v) is 14.0. The highest BCUT2D eigenvalue weighted by Crippen LogP contribution is 2.37. The third-order valence-corrected chi connectivity index (χ3v) is 5.80. The molecule has 6 nitrogen and oxygen atoms in total. The van der Waals surface area contributed by atoms with E-state index < -0.39 is 0 Å². The Kier molecular flexibility index (Phi) is 4.21. The summed E-state index contributed by atoms with van der Waals surface area (Å²) in [5.74, 6) is -0.752. The van der Waals surface area contributed by atoms with Gasteiger partial charge in [-0.2, -0.15) is 0 Å². The number of nitrogens with zero attached hydrogens (tertiary/aromatic N) is 2. The number of hydrazine groups is 1. The number of fused-ring (bicyclic) bond motifs is 3. The molecule has 0 radical (unpaired) electrons. The molecule has 1 aliphatic carbocycles. The quantitative estimate of drug-likeness (QED) is 0.847. The summed E-state index contributed by atoms with van der Waals surface area (Å²) in [5.41, 5.74) is 9.63. The van der Waals surface area contributed by atoms with Crippen LogP contribution in [0.1, 0.15) is 31.2 Å². The molecule has 3 N–H and O–H groups in total. The summed E-state index contributed by atoms with van der Waals surface area (Å²) < 4.78 is 13.6. The molecule has 1 saturated carbocycles. The van der Waals surface area contributed by atoms with Crippen LogP contribution in [0, 0.1) is 11.7 Å². The summed E-state index contributed by atoms with van der Waals surface area (Å²) in [4.78, 5) is 26.6. The molecule has 1 aromatic rings. The fourth-order valence-electron chi connectivity index (χ4n) is 4.60. The second-order valence-corrected chi connectivity index (χ2v) is 7.26. The van der Waals surface area contributed by atoms with Crippen LogP contribution in [0.3, 0.4) is 0 Å². The van der Waals surface area contributed by atoms with Gasteiger partial charge >= 0.3 is 0 Å². The largest absolute Gasteiger partial charge is 0.369 e. The lowest BCUT2D eigenvalue weighted by Gasteiger charge is -2.51. The van der Waals surface area contributed by atoms with Crippen LogP contribution >= 0.6 is 0 Å². The average molecular weight is 346 g/mol. The van der Waals surface area contributed by atoms with Crippen molar-refractivity contribution < 1.29 is 14.0 Å². The first-order valence-electron chi connectivity index (χ1n) is 8.90. The van der Waals surface area contributed by atoms with Crippen molar-refractivity contribution in [2.75, 3.05) is 6.54 Å². The maximum atomic E-state index is 13.6. The molecular weight excluding hydrogens is 323 g/mol. The topological polar surface area (TPSA) is 78.7 Å². The van der Waals surface area contributed by atoms with Crippen LogP contribution in [0.2, 0.25) is 0 Å². The molecular formula is C18H23FN4O2. The molecule has 3 fully saturated rings. The first kappa shape index (κ1) is 16.5. The van der Waals surface area contributed by atoms with Crippen LogP contribution in [-0.2, 0) is 16.1 Å². The maximum absolute atomic E-state index is 13.6. The number of hydrogen-bond donors (Lipinski definition) is 2. The third kappa shape index (κ3) is 2.91. The number of rotatable bonds is 3. The van der Waals surface area contributed by atoms with Gasteiger partial charge in [-0.3, -0.25) is 15.0 Å². The lowest BCUT2D eigenvalue weighted by atomic mass is 9.78. The second kappa shape index (κ2) is 6.38. The highest BCUT2D eigenvalue weighted by molar-refractivity contribution is 5.84. The van der Waals surface area contributed by atoms with E-state index in [1.165, 1.54) is 12.1 Å². The van der Waals surface area contributed by atoms with Gasteiger partial charge in [-0.1, -0.05) is 12.1 Å². The number of primary amides is 1. The minimum absolute atomic E-state index is 0.0561. The van der Waals surface area contributed by atoms with Crippen LogP contribution in [0.5, 0.6) is 0 Å². The Hall–Kier alpha value is -1.99. The van der Waals surface area contributed by atoms with Crippen LogP contribution in [0.4, 0.5) is 4.39 Å². The highest BCUT2D eigenvalue weighted by atomic mass is 19.1. The predicted molar refractivity (Wildman–Crippen MR) is 89.3 cm³/mol. The lowest BCUT2D eigenvalue weighted by molar-refractivity contribution is -0.157. The van der Waals surface area contributed by atoms with Crippen molar-refractivity contribution in [2.24, 2.45) is 11.7 Å². The Labute approximate surface area is 146 Å². The van der Waals surface area contributed by atoms with E-state index in [1.807, 2.05) is 11.0 Å². The molecule has 4 unspecified atom stereocenters. The van der Waals surface area contributed by atoms with Crippen molar-refractivity contribution in [2.45, 2.75) is 50.4 Å². The van der Waals surface area contributed by atoms with Crippen LogP contribution < -0.4 is 11.2 Å². The standard InChI is InChI=1S/C18H23FN4O2/c19-13-3-1-2-11(8-13)10-22-16-9-12(17(20)24)4-5-14(16)23-15(18(22)25)6-7-21-23/h1-3,8,12,14-16,21H,4-7,9-10H2,(H2,20,24). The van der Waals surface area contributed by atoms with E-state index in [2.05, 4.69) is 10.4 Å². The Morgan fingerprint density at radius 2 is 2.12 bits per heavy atom. The molecule has 0 bridgehead atoms. The average Bonchev–Trinajstić information content (AvgIpc) is 3.08. The zero-order chi connectivity index (χ0) is 17.6. The molecule has 2 heterocycles. The summed E-state index contributed by atoms with van der Waals surface area (Å²) in [6.07, 6.45) is 2.94. The molecule has 1 aromatic carbocycles. The predicted octanol–water partition coefficient (Wildman–Crippen LogP) is 0.769. The van der Waals surface area contributed by atoms with E-state index in [-0.39, 0.29) is 41.7 Å². The van der Waals surface area contributed by atoms with Crippen molar-refractivity contribution in [3.05, 3.63) is 35.6 Å². The number of benzene rings is 1. The molecule has 3 aliphatic rings. The van der Waals surface area contributed by atoms with Gasteiger partial charge in [0.25, 0.3) is 0 Å². The molecule has 0 spiro atoms. The molecule has 2 amide bonds. The van der Waals surface area contributed by atoms with Gasteiger partial charge in [-0.05, 0) is 43.4 Å². The number of halogens is 1. The number of hydrogen-bond acceptors (Lipinski definition) is 4. The minimum atomic E-state index is -0.304. The smallest absolute Gasteiger partial charge is 0.242 e. The summed E-state index contributed by atoms with van der Waals surface area (Å²) >= 11 is 0. The molecule has 0 aromatic heterocycles. The van der Waals surface area contributed by atoms with Gasteiger partial charge in [-0.15, -0.1) is 0 Å². The molecule has 2 saturated heterocycles. The van der Waals surface area contributed by atoms with Crippen LogP contribution in [-0.4, -0.2) is 46.4 Å². The van der Waals surface area contributed by atoms with E-state index in [9.17, 15) is 14.0 Å². The van der Waals surface area contributed by atoms with Crippen molar-refractivity contribution in [3.63, 3.8) is 0 Å².